The minimum Gasteiger partial charge on any atom is -0.385 e. The molecule has 57 heavy (non-hydrogen) atoms. The normalized spacial score (nSPS) is 20.2. The largest absolute Gasteiger partial charge is 0.385 e. The van der Waals surface area contributed by atoms with Crippen LogP contribution in [0.3, 0.4) is 0 Å². The second kappa shape index (κ2) is 14.9. The van der Waals surface area contributed by atoms with E-state index in [9.17, 15) is 19.2 Å². The maximum Gasteiger partial charge on any atom is 0.328 e. The van der Waals surface area contributed by atoms with Crippen molar-refractivity contribution >= 4 is 63.9 Å². The molecule has 2 aromatic carbocycles. The maximum absolute atomic E-state index is 13.5. The van der Waals surface area contributed by atoms with Gasteiger partial charge in [0.15, 0.2) is 11.5 Å². The van der Waals surface area contributed by atoms with E-state index in [-0.39, 0.29) is 35.9 Å². The smallest absolute Gasteiger partial charge is 0.328 e. The monoisotopic (exact) mass is 793 g/mol. The molecule has 4 saturated heterocycles. The number of primary amides is 1. The summed E-state index contributed by atoms with van der Waals surface area (Å²) in [5.41, 5.74) is 12.2. The second-order valence-electron chi connectivity index (χ2n) is 16.3. The molecule has 0 unspecified atom stereocenters. The lowest BCUT2D eigenvalue weighted by molar-refractivity contribution is -0.120. The Labute approximate surface area is 336 Å². The summed E-state index contributed by atoms with van der Waals surface area (Å²) in [6.07, 6.45) is 7.14. The van der Waals surface area contributed by atoms with Crippen molar-refractivity contribution in [1.82, 2.24) is 34.6 Å². The number of imidazole rings is 1. The van der Waals surface area contributed by atoms with Crippen molar-refractivity contribution in [2.24, 2.45) is 17.1 Å². The van der Waals surface area contributed by atoms with Crippen LogP contribution in [0.5, 0.6) is 0 Å². The SMILES string of the molecule is CNc1cc(N2CCc3c(CN4CCC(CN5CCC6(CC5)CN(C(=O)c5ccc(Cl)c(N7CCC(=O)NC7=O)c5)C6)CC4)cccc32)nn2c(C(N)=O)cnc12. The average Bonchev–Trinajstić information content (AvgIpc) is 3.84. The molecule has 4 N–H and O–H groups in total. The lowest BCUT2D eigenvalue weighted by Gasteiger charge is -2.54. The molecule has 298 valence electrons. The molecule has 9 rings (SSSR count). The highest BCUT2D eigenvalue weighted by atomic mass is 35.5. The zero-order valence-corrected chi connectivity index (χ0v) is 32.9. The number of piperidine rings is 2. The number of hydrogen-bond donors (Lipinski definition) is 3. The molecule has 2 aromatic heterocycles. The number of halogens is 1. The van der Waals surface area contributed by atoms with Crippen molar-refractivity contribution in [2.45, 2.75) is 45.1 Å². The van der Waals surface area contributed by atoms with Crippen molar-refractivity contribution in [1.29, 1.82) is 0 Å². The van der Waals surface area contributed by atoms with Crippen molar-refractivity contribution < 1.29 is 19.2 Å². The molecule has 16 heteroatoms. The van der Waals surface area contributed by atoms with Gasteiger partial charge in [-0.1, -0.05) is 23.7 Å². The Bertz CT molecular complexity index is 2250. The maximum atomic E-state index is 13.5. The Morgan fingerprint density at radius 2 is 1.72 bits per heavy atom. The number of rotatable bonds is 9. The average molecular weight is 794 g/mol. The van der Waals surface area contributed by atoms with Crippen molar-refractivity contribution in [2.75, 3.05) is 81.1 Å². The Morgan fingerprint density at radius 3 is 2.46 bits per heavy atom. The van der Waals surface area contributed by atoms with Crippen LogP contribution in [0.25, 0.3) is 5.65 Å². The van der Waals surface area contributed by atoms with Gasteiger partial charge >= 0.3 is 6.03 Å². The van der Waals surface area contributed by atoms with Crippen LogP contribution in [0.2, 0.25) is 5.02 Å². The summed E-state index contributed by atoms with van der Waals surface area (Å²) in [7, 11) is 1.83. The Morgan fingerprint density at radius 1 is 0.947 bits per heavy atom. The van der Waals surface area contributed by atoms with Crippen LogP contribution in [0.1, 0.15) is 64.1 Å². The summed E-state index contributed by atoms with van der Waals surface area (Å²) in [4.78, 5) is 64.8. The standard InChI is InChI=1S/C41H48ClN11O4/c1-44-31-20-35(47-53-34(37(43)55)21-45-38(31)53)51-15-9-29-28(3-2-4-32(29)51)23-48-13-7-26(8-14-48)22-49-17-11-41(12-18-49)24-50(25-41)39(56)27-5-6-30(42)33(19-27)52-16-10-36(54)46-40(52)57/h2-6,19-21,26,44H,7-18,22-25H2,1H3,(H2,43,55)(H,46,54,57). The molecule has 4 fully saturated rings. The van der Waals surface area contributed by atoms with E-state index in [0.29, 0.717) is 27.8 Å². The summed E-state index contributed by atoms with van der Waals surface area (Å²) in [5.74, 6) is 0.497. The molecule has 5 aliphatic heterocycles. The van der Waals surface area contributed by atoms with Crippen LogP contribution >= 0.6 is 11.6 Å². The molecule has 0 atom stereocenters. The summed E-state index contributed by atoms with van der Waals surface area (Å²) < 4.78 is 1.53. The number of likely N-dealkylation sites (tertiary alicyclic amines) is 3. The van der Waals surface area contributed by atoms with E-state index in [1.165, 1.54) is 39.6 Å². The highest BCUT2D eigenvalue weighted by Gasteiger charge is 2.47. The number of anilines is 4. The summed E-state index contributed by atoms with van der Waals surface area (Å²) in [6.45, 7) is 8.88. The lowest BCUT2D eigenvalue weighted by Crippen LogP contribution is -2.62. The molecule has 5 amide bonds. The topological polar surface area (TPSA) is 165 Å². The van der Waals surface area contributed by atoms with Gasteiger partial charge in [0.1, 0.15) is 5.69 Å². The van der Waals surface area contributed by atoms with Gasteiger partial charge in [0, 0.05) is 75.5 Å². The molecule has 0 bridgehead atoms. The number of imide groups is 1. The molecule has 0 radical (unpaired) electrons. The minimum absolute atomic E-state index is 0.0493. The number of amides is 5. The van der Waals surface area contributed by atoms with Crippen LogP contribution in [0.15, 0.2) is 48.7 Å². The summed E-state index contributed by atoms with van der Waals surface area (Å²) in [6, 6.07) is 13.1. The molecule has 0 aliphatic carbocycles. The van der Waals surface area contributed by atoms with Gasteiger partial charge in [0.2, 0.25) is 5.91 Å². The Hall–Kier alpha value is -5.25. The molecule has 0 saturated carbocycles. The van der Waals surface area contributed by atoms with Gasteiger partial charge < -0.3 is 25.8 Å². The molecule has 15 nitrogen and oxygen atoms in total. The fourth-order valence-corrected chi connectivity index (χ4v) is 9.75. The van der Waals surface area contributed by atoms with Crippen molar-refractivity contribution in [3.63, 3.8) is 0 Å². The molecule has 1 spiro atoms. The van der Waals surface area contributed by atoms with E-state index < -0.39 is 11.9 Å². The van der Waals surface area contributed by atoms with Crippen LogP contribution in [-0.2, 0) is 17.8 Å². The fourth-order valence-electron chi connectivity index (χ4n) is 9.53. The van der Waals surface area contributed by atoms with Crippen LogP contribution in [-0.4, -0.2) is 119 Å². The van der Waals surface area contributed by atoms with Crippen molar-refractivity contribution in [3.05, 3.63) is 76.1 Å². The number of benzene rings is 2. The van der Waals surface area contributed by atoms with Crippen molar-refractivity contribution in [3.8, 4) is 0 Å². The quantitative estimate of drug-likeness (QED) is 0.225. The van der Waals surface area contributed by atoms with E-state index in [1.54, 1.807) is 18.2 Å². The number of nitrogens with zero attached hydrogens (tertiary/aromatic N) is 8. The molecular weight excluding hydrogens is 746 g/mol. The highest BCUT2D eigenvalue weighted by molar-refractivity contribution is 6.34. The van der Waals surface area contributed by atoms with Crippen LogP contribution in [0.4, 0.5) is 27.7 Å². The van der Waals surface area contributed by atoms with Gasteiger partial charge in [0.05, 0.1) is 22.6 Å². The number of nitrogens with two attached hydrogens (primary N) is 1. The number of hydrogen-bond acceptors (Lipinski definition) is 10. The van der Waals surface area contributed by atoms with Gasteiger partial charge in [-0.3, -0.25) is 29.5 Å². The number of urea groups is 1. The molecule has 5 aliphatic rings. The third-order valence-corrected chi connectivity index (χ3v) is 13.1. The van der Waals surface area contributed by atoms with E-state index in [4.69, 9.17) is 22.4 Å². The predicted octanol–water partition coefficient (Wildman–Crippen LogP) is 4.11. The number of nitrogens with one attached hydrogen (secondary N) is 2. The van der Waals surface area contributed by atoms with Gasteiger partial charge in [-0.25, -0.2) is 14.3 Å². The lowest BCUT2D eigenvalue weighted by atomic mass is 9.71. The Balaban J connectivity index is 0.753. The number of carbonyl (C=O) groups excluding carboxylic acids is 4. The van der Waals surface area contributed by atoms with E-state index in [0.717, 1.165) is 95.4 Å². The third kappa shape index (κ3) is 7.06. The first-order chi connectivity index (χ1) is 27.6. The van der Waals surface area contributed by atoms with E-state index >= 15 is 0 Å². The molecule has 4 aromatic rings. The first kappa shape index (κ1) is 37.3. The van der Waals surface area contributed by atoms with E-state index in [1.807, 2.05) is 18.0 Å². The predicted molar refractivity (Wildman–Crippen MR) is 217 cm³/mol. The summed E-state index contributed by atoms with van der Waals surface area (Å²) in [5, 5.41) is 10.7. The van der Waals surface area contributed by atoms with Gasteiger partial charge in [-0.15, -0.1) is 5.10 Å². The molecular formula is C41H48ClN11O4. The van der Waals surface area contributed by atoms with E-state index in [2.05, 4.69) is 48.5 Å². The fraction of sp³-hybridized carbons (Fsp3) is 0.463. The van der Waals surface area contributed by atoms with Gasteiger partial charge in [-0.05, 0) is 99.6 Å². The van der Waals surface area contributed by atoms with Crippen LogP contribution in [0, 0.1) is 11.3 Å². The number of aromatic nitrogens is 3. The first-order valence-electron chi connectivity index (χ1n) is 20.0. The minimum atomic E-state index is -0.567. The van der Waals surface area contributed by atoms with Crippen LogP contribution < -0.4 is 26.2 Å². The highest BCUT2D eigenvalue weighted by Crippen LogP contribution is 2.42. The van der Waals surface area contributed by atoms with Gasteiger partial charge in [0.25, 0.3) is 11.8 Å². The zero-order valence-electron chi connectivity index (χ0n) is 32.2. The first-order valence-corrected chi connectivity index (χ1v) is 20.4. The number of carbonyl (C=O) groups is 4. The molecule has 7 heterocycles. The van der Waals surface area contributed by atoms with Gasteiger partial charge in [-0.2, -0.15) is 0 Å². The summed E-state index contributed by atoms with van der Waals surface area (Å²) >= 11 is 6.42. The number of fused-ring (bicyclic) bond motifs is 2. The Kier molecular flexibility index (Phi) is 9.77. The zero-order chi connectivity index (χ0) is 39.4. The third-order valence-electron chi connectivity index (χ3n) is 12.8. The second-order valence-corrected chi connectivity index (χ2v) is 16.7.